The first-order chi connectivity index (χ1) is 7.93. The fraction of sp³-hybridized carbons (Fsp3) is 0.444. The Kier molecular flexibility index (Phi) is 4.27. The summed E-state index contributed by atoms with van der Waals surface area (Å²) in [5.41, 5.74) is 11.9. The van der Waals surface area contributed by atoms with E-state index >= 15 is 0 Å². The first-order valence-electron chi connectivity index (χ1n) is 4.93. The lowest BCUT2D eigenvalue weighted by Gasteiger charge is -2.08. The molecule has 94 valence electrons. The minimum absolute atomic E-state index is 0.163. The highest BCUT2D eigenvalue weighted by Crippen LogP contribution is 2.17. The normalized spacial score (nSPS) is 10.0. The highest BCUT2D eigenvalue weighted by atomic mass is 32.1. The molecule has 1 heterocycles. The van der Waals surface area contributed by atoms with Gasteiger partial charge in [-0.05, 0) is 6.92 Å². The van der Waals surface area contributed by atoms with Crippen molar-refractivity contribution < 1.29 is 9.53 Å². The van der Waals surface area contributed by atoms with Crippen LogP contribution in [0.3, 0.4) is 0 Å². The van der Waals surface area contributed by atoms with E-state index < -0.39 is 6.09 Å². The maximum Gasteiger partial charge on any atom is 0.404 e. The third-order valence-electron chi connectivity index (χ3n) is 2.11. The zero-order valence-electron chi connectivity index (χ0n) is 9.69. The van der Waals surface area contributed by atoms with Crippen molar-refractivity contribution in [1.29, 1.82) is 0 Å². The second kappa shape index (κ2) is 5.48. The standard InChI is InChI=1S/C9H15N5O2S/c1-5-6(7(10)17)8(14(2)13-5)12-3-4-16-9(11)15/h12H,3-4H2,1-2H3,(H2,10,17)(H2,11,15). The summed E-state index contributed by atoms with van der Waals surface area (Å²) in [6.45, 7) is 2.38. The maximum atomic E-state index is 10.4. The van der Waals surface area contributed by atoms with Crippen LogP contribution in [0.15, 0.2) is 0 Å². The van der Waals surface area contributed by atoms with Crippen molar-refractivity contribution in [1.82, 2.24) is 9.78 Å². The number of carbonyl (C=O) groups is 1. The average molecular weight is 257 g/mol. The Labute approximate surface area is 104 Å². The highest BCUT2D eigenvalue weighted by Gasteiger charge is 2.14. The molecule has 1 aromatic rings. The number of thiocarbonyl (C=S) groups is 1. The van der Waals surface area contributed by atoms with Crippen molar-refractivity contribution in [3.8, 4) is 0 Å². The van der Waals surface area contributed by atoms with E-state index in [1.807, 2.05) is 6.92 Å². The number of nitrogens with two attached hydrogens (primary N) is 2. The molecule has 0 unspecified atom stereocenters. The number of ether oxygens (including phenoxy) is 1. The monoisotopic (exact) mass is 257 g/mol. The summed E-state index contributed by atoms with van der Waals surface area (Å²) in [4.78, 5) is 10.6. The number of amides is 1. The van der Waals surface area contributed by atoms with Gasteiger partial charge in [0.15, 0.2) is 0 Å². The Hall–Kier alpha value is -1.83. The molecule has 0 aliphatic rings. The summed E-state index contributed by atoms with van der Waals surface area (Å²) in [5, 5.41) is 7.24. The van der Waals surface area contributed by atoms with Crippen LogP contribution in [0, 0.1) is 6.92 Å². The van der Waals surface area contributed by atoms with Gasteiger partial charge in [0.25, 0.3) is 0 Å². The van der Waals surface area contributed by atoms with Crippen molar-refractivity contribution in [2.45, 2.75) is 6.92 Å². The molecule has 1 rings (SSSR count). The van der Waals surface area contributed by atoms with Crippen molar-refractivity contribution in [3.05, 3.63) is 11.3 Å². The van der Waals surface area contributed by atoms with Gasteiger partial charge < -0.3 is 21.5 Å². The van der Waals surface area contributed by atoms with Gasteiger partial charge in [0.2, 0.25) is 0 Å². The number of anilines is 1. The van der Waals surface area contributed by atoms with E-state index in [0.29, 0.717) is 17.9 Å². The van der Waals surface area contributed by atoms with Gasteiger partial charge in [-0.25, -0.2) is 4.79 Å². The van der Waals surface area contributed by atoms with Gasteiger partial charge in [-0.3, -0.25) is 4.68 Å². The average Bonchev–Trinajstić information content (AvgIpc) is 2.48. The van der Waals surface area contributed by atoms with Crippen molar-refractivity contribution >= 4 is 29.1 Å². The molecule has 0 aromatic carbocycles. The highest BCUT2D eigenvalue weighted by molar-refractivity contribution is 7.80. The molecule has 0 saturated heterocycles. The first-order valence-corrected chi connectivity index (χ1v) is 5.33. The zero-order chi connectivity index (χ0) is 13.0. The summed E-state index contributed by atoms with van der Waals surface area (Å²) < 4.78 is 6.23. The molecule has 7 nitrogen and oxygen atoms in total. The number of nitrogens with zero attached hydrogens (tertiary/aromatic N) is 2. The molecule has 8 heteroatoms. The fourth-order valence-corrected chi connectivity index (χ4v) is 1.72. The number of carbonyl (C=O) groups excluding carboxylic acids is 1. The predicted molar refractivity (Wildman–Crippen MR) is 67.9 cm³/mol. The molecule has 0 spiro atoms. The van der Waals surface area contributed by atoms with Crippen molar-refractivity contribution in [3.63, 3.8) is 0 Å². The Morgan fingerprint density at radius 3 is 2.76 bits per heavy atom. The van der Waals surface area contributed by atoms with E-state index in [0.717, 1.165) is 5.69 Å². The molecule has 1 aromatic heterocycles. The van der Waals surface area contributed by atoms with Gasteiger partial charge in [-0.15, -0.1) is 0 Å². The molecule has 0 radical (unpaired) electrons. The number of hydrogen-bond donors (Lipinski definition) is 3. The van der Waals surface area contributed by atoms with Crippen LogP contribution in [0.4, 0.5) is 10.6 Å². The second-order valence-electron chi connectivity index (χ2n) is 3.39. The molecular weight excluding hydrogens is 242 g/mol. The van der Waals surface area contributed by atoms with Crippen LogP contribution in [0.2, 0.25) is 0 Å². The minimum Gasteiger partial charge on any atom is -0.448 e. The third kappa shape index (κ3) is 3.31. The van der Waals surface area contributed by atoms with Crippen molar-refractivity contribution in [2.75, 3.05) is 18.5 Å². The lowest BCUT2D eigenvalue weighted by Crippen LogP contribution is -2.20. The van der Waals surface area contributed by atoms with E-state index in [2.05, 4.69) is 15.2 Å². The second-order valence-corrected chi connectivity index (χ2v) is 3.83. The van der Waals surface area contributed by atoms with Crippen LogP contribution in [0.1, 0.15) is 11.3 Å². The largest absolute Gasteiger partial charge is 0.448 e. The van der Waals surface area contributed by atoms with Crippen LogP contribution in [0.5, 0.6) is 0 Å². The molecule has 0 saturated carbocycles. The zero-order valence-corrected chi connectivity index (χ0v) is 10.5. The lowest BCUT2D eigenvalue weighted by molar-refractivity contribution is 0.161. The molecular formula is C9H15N5O2S. The summed E-state index contributed by atoms with van der Waals surface area (Å²) in [5.74, 6) is 0.697. The number of hydrogen-bond acceptors (Lipinski definition) is 5. The number of rotatable bonds is 5. The topological polar surface area (TPSA) is 108 Å². The van der Waals surface area contributed by atoms with Crippen LogP contribution < -0.4 is 16.8 Å². The van der Waals surface area contributed by atoms with Crippen LogP contribution >= 0.6 is 12.2 Å². The molecule has 0 bridgehead atoms. The molecule has 0 atom stereocenters. The fourth-order valence-electron chi connectivity index (χ4n) is 1.48. The summed E-state index contributed by atoms with van der Waals surface area (Å²) in [6, 6.07) is 0. The molecule has 0 aliphatic heterocycles. The Balaban J connectivity index is 2.70. The van der Waals surface area contributed by atoms with E-state index in [1.54, 1.807) is 11.7 Å². The molecule has 5 N–H and O–H groups in total. The van der Waals surface area contributed by atoms with Gasteiger partial charge in [-0.1, -0.05) is 12.2 Å². The number of primary amides is 1. The van der Waals surface area contributed by atoms with Crippen molar-refractivity contribution in [2.24, 2.45) is 18.5 Å². The third-order valence-corrected chi connectivity index (χ3v) is 2.31. The maximum absolute atomic E-state index is 10.4. The SMILES string of the molecule is Cc1nn(C)c(NCCOC(N)=O)c1C(N)=S. The molecule has 17 heavy (non-hydrogen) atoms. The molecule has 0 fully saturated rings. The van der Waals surface area contributed by atoms with Gasteiger partial charge in [0, 0.05) is 7.05 Å². The summed E-state index contributed by atoms with van der Waals surface area (Å²) >= 11 is 4.95. The van der Waals surface area contributed by atoms with E-state index in [9.17, 15) is 4.79 Å². The van der Waals surface area contributed by atoms with E-state index in [1.165, 1.54) is 0 Å². The van der Waals surface area contributed by atoms with Crippen LogP contribution in [-0.4, -0.2) is 34.0 Å². The lowest BCUT2D eigenvalue weighted by atomic mass is 10.2. The Morgan fingerprint density at radius 1 is 1.59 bits per heavy atom. The number of nitrogens with one attached hydrogen (secondary N) is 1. The molecule has 1 amide bonds. The molecule has 0 aliphatic carbocycles. The van der Waals surface area contributed by atoms with Gasteiger partial charge in [-0.2, -0.15) is 5.10 Å². The smallest absolute Gasteiger partial charge is 0.404 e. The van der Waals surface area contributed by atoms with Gasteiger partial charge >= 0.3 is 6.09 Å². The van der Waals surface area contributed by atoms with E-state index in [-0.39, 0.29) is 11.6 Å². The number of aryl methyl sites for hydroxylation is 2. The minimum atomic E-state index is -0.803. The summed E-state index contributed by atoms with van der Waals surface area (Å²) in [7, 11) is 1.77. The van der Waals surface area contributed by atoms with Crippen LogP contribution in [0.25, 0.3) is 0 Å². The summed E-state index contributed by atoms with van der Waals surface area (Å²) in [6.07, 6.45) is -0.803. The Bertz CT molecular complexity index is 443. The van der Waals surface area contributed by atoms with Crippen LogP contribution in [-0.2, 0) is 11.8 Å². The Morgan fingerprint density at radius 2 is 2.24 bits per heavy atom. The quantitative estimate of drug-likeness (QED) is 0.501. The predicted octanol–water partition coefficient (Wildman–Crippen LogP) is -0.130. The van der Waals surface area contributed by atoms with Gasteiger partial charge in [0.1, 0.15) is 17.4 Å². The van der Waals surface area contributed by atoms with Gasteiger partial charge in [0.05, 0.1) is 17.8 Å². The van der Waals surface area contributed by atoms with E-state index in [4.69, 9.17) is 23.7 Å². The first kappa shape index (κ1) is 13.2. The number of aromatic nitrogens is 2.